The maximum atomic E-state index is 13.7. The molecule has 2 aromatic heterocycles. The molecule has 8 rings (SSSR count). The molecule has 6 aromatic rings. The minimum absolute atomic E-state index is 0.175. The lowest BCUT2D eigenvalue weighted by Crippen LogP contribution is -2.30. The third kappa shape index (κ3) is 10.6. The van der Waals surface area contributed by atoms with E-state index in [4.69, 9.17) is 23.9 Å². The van der Waals surface area contributed by atoms with Crippen molar-refractivity contribution >= 4 is 56.2 Å². The highest BCUT2D eigenvalue weighted by Crippen LogP contribution is 2.39. The molecule has 0 saturated heterocycles. The number of carbonyl (C=O) groups is 4. The molecule has 2 fully saturated rings. The predicted octanol–water partition coefficient (Wildman–Crippen LogP) is 9.81. The Morgan fingerprint density at radius 3 is 1.64 bits per heavy atom. The molecule has 0 radical (unpaired) electrons. The molecule has 314 valence electrons. The van der Waals surface area contributed by atoms with Crippen molar-refractivity contribution in [1.82, 2.24) is 4.98 Å². The van der Waals surface area contributed by atoms with Crippen molar-refractivity contribution in [3.8, 4) is 33.6 Å². The quantitative estimate of drug-likeness (QED) is 0.0842. The van der Waals surface area contributed by atoms with Crippen molar-refractivity contribution in [3.63, 3.8) is 0 Å². The molecule has 2 heterocycles. The summed E-state index contributed by atoms with van der Waals surface area (Å²) < 4.78 is 24.7. The zero-order valence-electron chi connectivity index (χ0n) is 33.6. The molecule has 2 aliphatic rings. The topological polar surface area (TPSA) is 159 Å². The molecule has 2 N–H and O–H groups in total. The lowest BCUT2D eigenvalue weighted by atomic mass is 9.87. The van der Waals surface area contributed by atoms with Gasteiger partial charge in [-0.05, 0) is 141 Å². The summed E-state index contributed by atoms with van der Waals surface area (Å²) in [5, 5.41) is 20.6. The van der Waals surface area contributed by atoms with Crippen molar-refractivity contribution in [2.45, 2.75) is 89.3 Å². The maximum Gasteiger partial charge on any atom is 0.314 e. The molecule has 2 aliphatic carbocycles. The van der Waals surface area contributed by atoms with Crippen LogP contribution < -0.4 is 9.47 Å². The monoisotopic (exact) mass is 841 g/mol. The first-order valence-electron chi connectivity index (χ1n) is 20.9. The minimum atomic E-state index is -0.393. The van der Waals surface area contributed by atoms with Crippen LogP contribution in [0, 0.1) is 11.8 Å². The third-order valence-corrected chi connectivity index (χ3v) is 12.7. The van der Waals surface area contributed by atoms with Gasteiger partial charge in [0.2, 0.25) is 0 Å². The lowest BCUT2D eigenvalue weighted by molar-refractivity contribution is -0.153. The summed E-state index contributed by atoms with van der Waals surface area (Å²) in [5.74, 6) is -1.20. The number of thiophene rings is 1. The van der Waals surface area contributed by atoms with Crippen molar-refractivity contribution in [2.24, 2.45) is 11.8 Å². The fourth-order valence-corrected chi connectivity index (χ4v) is 9.14. The summed E-state index contributed by atoms with van der Waals surface area (Å²) in [6, 6.07) is 30.6. The molecule has 0 amide bonds. The van der Waals surface area contributed by atoms with E-state index in [2.05, 4.69) is 12.1 Å². The zero-order chi connectivity index (χ0) is 42.3. The van der Waals surface area contributed by atoms with E-state index in [0.29, 0.717) is 86.6 Å². The molecule has 61 heavy (non-hydrogen) atoms. The number of esters is 4. The highest BCUT2D eigenvalue weighted by atomic mass is 32.1. The molecule has 0 bridgehead atoms. The van der Waals surface area contributed by atoms with Crippen LogP contribution in [0.4, 0.5) is 0 Å². The van der Waals surface area contributed by atoms with Gasteiger partial charge in [0.25, 0.3) is 0 Å². The van der Waals surface area contributed by atoms with Gasteiger partial charge in [0, 0.05) is 22.9 Å². The van der Waals surface area contributed by atoms with E-state index in [9.17, 15) is 29.4 Å². The van der Waals surface area contributed by atoms with Crippen LogP contribution in [0.25, 0.3) is 31.6 Å². The summed E-state index contributed by atoms with van der Waals surface area (Å²) in [5.41, 5.74) is 2.96. The van der Waals surface area contributed by atoms with Gasteiger partial charge >= 0.3 is 23.9 Å². The summed E-state index contributed by atoms with van der Waals surface area (Å²) in [6.45, 7) is 0. The van der Waals surface area contributed by atoms with Crippen LogP contribution in [0.3, 0.4) is 0 Å². The maximum absolute atomic E-state index is 13.7. The van der Waals surface area contributed by atoms with Crippen LogP contribution in [0.2, 0.25) is 0 Å². The average molecular weight is 842 g/mol. The smallest absolute Gasteiger partial charge is 0.314 e. The van der Waals surface area contributed by atoms with Crippen LogP contribution in [-0.4, -0.2) is 51.3 Å². The van der Waals surface area contributed by atoms with Crippen LogP contribution >= 0.6 is 11.3 Å². The van der Waals surface area contributed by atoms with Gasteiger partial charge in [-0.25, -0.2) is 4.98 Å². The van der Waals surface area contributed by atoms with E-state index in [1.54, 1.807) is 72.0 Å². The normalized spacial score (nSPS) is 19.0. The number of aromatic hydroxyl groups is 2. The summed E-state index contributed by atoms with van der Waals surface area (Å²) in [7, 11) is 0. The number of aromatic nitrogens is 1. The van der Waals surface area contributed by atoms with Crippen LogP contribution in [0.15, 0.2) is 103 Å². The van der Waals surface area contributed by atoms with Gasteiger partial charge in [0.15, 0.2) is 5.75 Å². The third-order valence-electron chi connectivity index (χ3n) is 11.6. The first-order chi connectivity index (χ1) is 29.6. The molecule has 11 nitrogen and oxygen atoms in total. The van der Waals surface area contributed by atoms with E-state index >= 15 is 0 Å². The molecule has 0 unspecified atom stereocenters. The van der Waals surface area contributed by atoms with Gasteiger partial charge in [-0.2, -0.15) is 0 Å². The molecular weight excluding hydrogens is 795 g/mol. The number of fused-ring (bicyclic) bond motifs is 2. The second kappa shape index (κ2) is 19.0. The van der Waals surface area contributed by atoms with E-state index in [1.807, 2.05) is 30.3 Å². The number of pyridine rings is 1. The average Bonchev–Trinajstić information content (AvgIpc) is 3.72. The number of ether oxygens (including phenoxy) is 4. The number of rotatable bonds is 13. The number of benzene rings is 4. The number of phenols is 2. The van der Waals surface area contributed by atoms with Gasteiger partial charge < -0.3 is 29.2 Å². The molecule has 12 heteroatoms. The van der Waals surface area contributed by atoms with E-state index in [1.165, 1.54) is 0 Å². The van der Waals surface area contributed by atoms with Gasteiger partial charge in [-0.1, -0.05) is 42.5 Å². The fourth-order valence-electron chi connectivity index (χ4n) is 8.11. The molecule has 4 aromatic carbocycles. The van der Waals surface area contributed by atoms with Crippen molar-refractivity contribution in [1.29, 1.82) is 0 Å². The fraction of sp³-hybridized carbons (Fsp3) is 0.327. The highest BCUT2D eigenvalue weighted by Gasteiger charge is 2.32. The number of nitrogens with zero attached hydrogens (tertiary/aromatic N) is 1. The second-order valence-electron chi connectivity index (χ2n) is 15.9. The first-order valence-corrected chi connectivity index (χ1v) is 21.8. The highest BCUT2D eigenvalue weighted by molar-refractivity contribution is 7.22. The van der Waals surface area contributed by atoms with E-state index < -0.39 is 5.97 Å². The largest absolute Gasteiger partial charge is 0.508 e. The molecular formula is C49H47NO10S. The zero-order valence-corrected chi connectivity index (χ0v) is 34.4. The lowest BCUT2D eigenvalue weighted by Gasteiger charge is -2.27. The van der Waals surface area contributed by atoms with Gasteiger partial charge in [0.05, 0.1) is 22.4 Å². The standard InChI is InChI=1S/C49H47NO10S/c51-35-15-5-30(6-16-35)9-27-45(53)57-37-19-11-32(12-20-37)48(55)59-41-25-26-42(47-39(41)23-24-40(50-47)44-29-34-3-1-2-4-43(34)61-44)60-49(56)33-13-21-38(22-14-33)58-46(54)28-10-31-7-17-36(52)18-8-31/h1-8,15-18,23-26,29,32-33,37-38,51-52H,9-14,19-22,27-28H2. The molecule has 2 saturated carbocycles. The summed E-state index contributed by atoms with van der Waals surface area (Å²) >= 11 is 1.61. The number of phenolic OH excluding ortho intramolecular Hbond substituents is 2. The van der Waals surface area contributed by atoms with Crippen molar-refractivity contribution < 1.29 is 48.3 Å². The number of hydrogen-bond donors (Lipinski definition) is 2. The van der Waals surface area contributed by atoms with Crippen molar-refractivity contribution in [3.05, 3.63) is 114 Å². The van der Waals surface area contributed by atoms with Crippen LogP contribution in [0.5, 0.6) is 23.0 Å². The summed E-state index contributed by atoms with van der Waals surface area (Å²) in [6.07, 6.45) is 5.15. The Hall–Kier alpha value is -6.27. The molecule has 0 aliphatic heterocycles. The summed E-state index contributed by atoms with van der Waals surface area (Å²) in [4.78, 5) is 58.4. The Labute approximate surface area is 357 Å². The van der Waals surface area contributed by atoms with Crippen LogP contribution in [-0.2, 0) is 41.5 Å². The van der Waals surface area contributed by atoms with Gasteiger partial charge in [-0.15, -0.1) is 11.3 Å². The van der Waals surface area contributed by atoms with Crippen LogP contribution in [0.1, 0.15) is 75.3 Å². The van der Waals surface area contributed by atoms with E-state index in [0.717, 1.165) is 26.1 Å². The Morgan fingerprint density at radius 2 is 1.10 bits per heavy atom. The van der Waals surface area contributed by atoms with E-state index in [-0.39, 0.29) is 72.0 Å². The predicted molar refractivity (Wildman–Crippen MR) is 230 cm³/mol. The Balaban J connectivity index is 0.902. The van der Waals surface area contributed by atoms with Crippen molar-refractivity contribution in [2.75, 3.05) is 0 Å². The number of carbonyl (C=O) groups excluding carboxylic acids is 4. The SMILES string of the molecule is O=C(CCc1ccc(O)cc1)OC1CCC(C(=O)Oc2ccc(OC(=O)C3CCC(OC(=O)CCc4ccc(O)cc4)CC3)c3nc(-c4cc5ccccc5s4)ccc23)CC1. The Bertz CT molecular complexity index is 2480. The molecule has 0 atom stereocenters. The number of aryl methyl sites for hydroxylation is 2. The molecule has 0 spiro atoms. The second-order valence-corrected chi connectivity index (χ2v) is 17.0. The Kier molecular flexibility index (Phi) is 12.9. The van der Waals surface area contributed by atoms with Gasteiger partial charge in [-0.3, -0.25) is 19.2 Å². The Morgan fingerprint density at radius 1 is 0.590 bits per heavy atom. The minimum Gasteiger partial charge on any atom is -0.508 e. The number of hydrogen-bond acceptors (Lipinski definition) is 12. The first kappa shape index (κ1) is 41.5. The van der Waals surface area contributed by atoms with Gasteiger partial charge in [0.1, 0.15) is 35.0 Å².